The van der Waals surface area contributed by atoms with Gasteiger partial charge >= 0.3 is 0 Å². The molecule has 1 N–H and O–H groups in total. The lowest BCUT2D eigenvalue weighted by molar-refractivity contribution is -0.119. The van der Waals surface area contributed by atoms with Gasteiger partial charge in [0, 0.05) is 12.1 Å². The zero-order chi connectivity index (χ0) is 20.7. The highest BCUT2D eigenvalue weighted by molar-refractivity contribution is 7.92. The van der Waals surface area contributed by atoms with Gasteiger partial charge in [-0.05, 0) is 30.3 Å². The van der Waals surface area contributed by atoms with Gasteiger partial charge in [0.1, 0.15) is 12.3 Å². The average Bonchev–Trinajstić information content (AvgIpc) is 2.77. The molecule has 1 amide bonds. The summed E-state index contributed by atoms with van der Waals surface area (Å²) in [4.78, 5) is 12.7. The van der Waals surface area contributed by atoms with Crippen molar-refractivity contribution in [1.82, 2.24) is 5.32 Å². The van der Waals surface area contributed by atoms with E-state index >= 15 is 0 Å². The molecule has 0 saturated carbocycles. The Bertz CT molecular complexity index is 1050. The van der Waals surface area contributed by atoms with Gasteiger partial charge in [-0.15, -0.1) is 0 Å². The number of anilines is 1. The smallest absolute Gasteiger partial charge is 0.264 e. The Morgan fingerprint density at radius 3 is 2.14 bits per heavy atom. The molecule has 0 aliphatic rings. The number of ether oxygens (including phenoxy) is 1. The van der Waals surface area contributed by atoms with Gasteiger partial charge in [-0.25, -0.2) is 8.42 Å². The van der Waals surface area contributed by atoms with E-state index in [9.17, 15) is 13.2 Å². The maximum absolute atomic E-state index is 13.2. The minimum absolute atomic E-state index is 0.126. The molecule has 3 aromatic rings. The Hall–Kier alpha value is -3.32. The lowest BCUT2D eigenvalue weighted by atomic mass is 10.2. The highest BCUT2D eigenvalue weighted by atomic mass is 32.2. The monoisotopic (exact) mass is 410 g/mol. The molecule has 6 nitrogen and oxygen atoms in total. The van der Waals surface area contributed by atoms with E-state index in [0.717, 1.165) is 9.87 Å². The number of carbonyl (C=O) groups is 1. The summed E-state index contributed by atoms with van der Waals surface area (Å²) >= 11 is 0. The van der Waals surface area contributed by atoms with Crippen LogP contribution in [0, 0.1) is 0 Å². The van der Waals surface area contributed by atoms with Gasteiger partial charge in [-0.3, -0.25) is 9.10 Å². The Morgan fingerprint density at radius 1 is 0.897 bits per heavy atom. The summed E-state index contributed by atoms with van der Waals surface area (Å²) in [7, 11) is -2.34. The summed E-state index contributed by atoms with van der Waals surface area (Å²) in [6, 6.07) is 24.0. The molecule has 29 heavy (non-hydrogen) atoms. The largest absolute Gasteiger partial charge is 0.496 e. The Balaban J connectivity index is 1.81. The van der Waals surface area contributed by atoms with Gasteiger partial charge in [-0.2, -0.15) is 0 Å². The molecule has 7 heteroatoms. The number of sulfonamides is 1. The molecule has 0 saturated heterocycles. The van der Waals surface area contributed by atoms with Gasteiger partial charge < -0.3 is 10.1 Å². The second kappa shape index (κ2) is 9.25. The summed E-state index contributed by atoms with van der Waals surface area (Å²) in [6.07, 6.45) is 0. The zero-order valence-corrected chi connectivity index (χ0v) is 16.8. The lowest BCUT2D eigenvalue weighted by Gasteiger charge is -2.24. The zero-order valence-electron chi connectivity index (χ0n) is 16.0. The van der Waals surface area contributed by atoms with Crippen molar-refractivity contribution in [3.05, 3.63) is 90.5 Å². The maximum Gasteiger partial charge on any atom is 0.264 e. The molecule has 3 rings (SSSR count). The van der Waals surface area contributed by atoms with Gasteiger partial charge in [0.25, 0.3) is 10.0 Å². The molecular formula is C22H22N2O4S. The van der Waals surface area contributed by atoms with Crippen LogP contribution in [0.2, 0.25) is 0 Å². The summed E-state index contributed by atoms with van der Waals surface area (Å²) in [6.45, 7) is -0.104. The van der Waals surface area contributed by atoms with Crippen LogP contribution in [0.15, 0.2) is 89.8 Å². The molecule has 0 heterocycles. The van der Waals surface area contributed by atoms with Crippen LogP contribution in [0.5, 0.6) is 5.75 Å². The van der Waals surface area contributed by atoms with Crippen molar-refractivity contribution >= 4 is 21.6 Å². The van der Waals surface area contributed by atoms with Crippen molar-refractivity contribution in [3.8, 4) is 5.75 Å². The van der Waals surface area contributed by atoms with E-state index in [1.165, 1.54) is 12.1 Å². The third-order valence-corrected chi connectivity index (χ3v) is 6.12. The standard InChI is InChI=1S/C22H22N2O4S/c1-28-21-15-9-8-10-18(21)16-23-22(25)17-24(19-11-4-2-5-12-19)29(26,27)20-13-6-3-7-14-20/h2-15H,16-17H2,1H3,(H,23,25). The molecule has 0 bridgehead atoms. The van der Waals surface area contributed by atoms with Crippen LogP contribution >= 0.6 is 0 Å². The summed E-state index contributed by atoms with van der Waals surface area (Å²) in [5.41, 5.74) is 1.23. The van der Waals surface area contributed by atoms with Gasteiger partial charge in [0.05, 0.1) is 17.7 Å². The normalized spacial score (nSPS) is 10.9. The number of methoxy groups -OCH3 is 1. The van der Waals surface area contributed by atoms with E-state index < -0.39 is 15.9 Å². The number of hydrogen-bond donors (Lipinski definition) is 1. The Morgan fingerprint density at radius 2 is 1.48 bits per heavy atom. The fourth-order valence-corrected chi connectivity index (χ4v) is 4.30. The lowest BCUT2D eigenvalue weighted by Crippen LogP contribution is -2.40. The molecule has 150 valence electrons. The molecule has 0 spiro atoms. The van der Waals surface area contributed by atoms with Crippen LogP contribution in [0.4, 0.5) is 5.69 Å². The highest BCUT2D eigenvalue weighted by Gasteiger charge is 2.26. The van der Waals surface area contributed by atoms with Crippen molar-refractivity contribution in [2.24, 2.45) is 0 Å². The molecule has 0 aromatic heterocycles. The summed E-state index contributed by atoms with van der Waals surface area (Å²) < 4.78 is 32.7. The van der Waals surface area contributed by atoms with E-state index in [0.29, 0.717) is 11.4 Å². The Labute approximate surface area is 170 Å². The van der Waals surface area contributed by atoms with Crippen LogP contribution < -0.4 is 14.4 Å². The number of nitrogens with one attached hydrogen (secondary N) is 1. The number of carbonyl (C=O) groups excluding carboxylic acids is 1. The fourth-order valence-electron chi connectivity index (χ4n) is 2.86. The summed E-state index contributed by atoms with van der Waals surface area (Å²) in [5.74, 6) is 0.240. The third kappa shape index (κ3) is 4.94. The van der Waals surface area contributed by atoms with Crippen LogP contribution in [0.3, 0.4) is 0 Å². The second-order valence-electron chi connectivity index (χ2n) is 6.25. The van der Waals surface area contributed by atoms with Gasteiger partial charge in [-0.1, -0.05) is 54.6 Å². The first-order valence-electron chi connectivity index (χ1n) is 9.04. The molecule has 0 atom stereocenters. The predicted molar refractivity (Wildman–Crippen MR) is 112 cm³/mol. The summed E-state index contributed by atoms with van der Waals surface area (Å²) in [5, 5.41) is 2.77. The van der Waals surface area contributed by atoms with Crippen LogP contribution in [0.1, 0.15) is 5.56 Å². The molecule has 0 aliphatic heterocycles. The first-order chi connectivity index (χ1) is 14.0. The van der Waals surface area contributed by atoms with Crippen LogP contribution in [0.25, 0.3) is 0 Å². The highest BCUT2D eigenvalue weighted by Crippen LogP contribution is 2.23. The van der Waals surface area contributed by atoms with E-state index in [1.807, 2.05) is 18.2 Å². The maximum atomic E-state index is 13.2. The second-order valence-corrected chi connectivity index (χ2v) is 8.11. The molecule has 3 aromatic carbocycles. The van der Waals surface area contributed by atoms with Crippen molar-refractivity contribution in [1.29, 1.82) is 0 Å². The minimum Gasteiger partial charge on any atom is -0.496 e. The van der Waals surface area contributed by atoms with E-state index in [4.69, 9.17) is 4.74 Å². The van der Waals surface area contributed by atoms with Crippen LogP contribution in [-0.4, -0.2) is 28.0 Å². The fraction of sp³-hybridized carbons (Fsp3) is 0.136. The quantitative estimate of drug-likeness (QED) is 0.619. The molecular weight excluding hydrogens is 388 g/mol. The third-order valence-electron chi connectivity index (χ3n) is 4.33. The van der Waals surface area contributed by atoms with Crippen molar-refractivity contribution < 1.29 is 17.9 Å². The predicted octanol–water partition coefficient (Wildman–Crippen LogP) is 3.21. The molecule has 0 aliphatic carbocycles. The SMILES string of the molecule is COc1ccccc1CNC(=O)CN(c1ccccc1)S(=O)(=O)c1ccccc1. The first kappa shape index (κ1) is 20.4. The van der Waals surface area contributed by atoms with E-state index in [-0.39, 0.29) is 18.0 Å². The minimum atomic E-state index is -3.90. The average molecular weight is 410 g/mol. The number of nitrogens with zero attached hydrogens (tertiary/aromatic N) is 1. The van der Waals surface area contributed by atoms with Gasteiger partial charge in [0.15, 0.2) is 0 Å². The Kier molecular flexibility index (Phi) is 6.51. The van der Waals surface area contributed by atoms with Gasteiger partial charge in [0.2, 0.25) is 5.91 Å². The van der Waals surface area contributed by atoms with Crippen molar-refractivity contribution in [2.45, 2.75) is 11.4 Å². The first-order valence-corrected chi connectivity index (χ1v) is 10.5. The topological polar surface area (TPSA) is 75.7 Å². The number of hydrogen-bond acceptors (Lipinski definition) is 4. The molecule has 0 unspecified atom stereocenters. The molecule has 0 fully saturated rings. The number of para-hydroxylation sites is 2. The van der Waals surface area contributed by atoms with E-state index in [1.54, 1.807) is 61.7 Å². The van der Waals surface area contributed by atoms with E-state index in [2.05, 4.69) is 5.32 Å². The number of benzene rings is 3. The van der Waals surface area contributed by atoms with Crippen LogP contribution in [-0.2, 0) is 21.4 Å². The van der Waals surface area contributed by atoms with Crippen molar-refractivity contribution in [2.75, 3.05) is 18.0 Å². The van der Waals surface area contributed by atoms with Crippen molar-refractivity contribution in [3.63, 3.8) is 0 Å². The number of rotatable bonds is 8. The molecule has 0 radical (unpaired) electrons. The number of amides is 1.